The lowest BCUT2D eigenvalue weighted by Crippen LogP contribution is -2.22. The normalized spacial score (nSPS) is 16.6. The number of benzene rings is 3. The molecule has 0 spiro atoms. The van der Waals surface area contributed by atoms with Crippen LogP contribution in [-0.2, 0) is 0 Å². The van der Waals surface area contributed by atoms with E-state index in [1.54, 1.807) is 0 Å². The summed E-state index contributed by atoms with van der Waals surface area (Å²) in [5.74, 6) is 0.854. The Labute approximate surface area is 190 Å². The van der Waals surface area contributed by atoms with Gasteiger partial charge in [-0.15, -0.1) is 11.3 Å². The lowest BCUT2D eigenvalue weighted by atomic mass is 9.94. The zero-order chi connectivity index (χ0) is 21.2. The van der Waals surface area contributed by atoms with Crippen LogP contribution >= 0.6 is 22.9 Å². The molecule has 0 fully saturated rings. The first-order chi connectivity index (χ1) is 15.2. The smallest absolute Gasteiger partial charge is 0.203 e. The summed E-state index contributed by atoms with van der Waals surface area (Å²) in [7, 11) is 0. The third-order valence-corrected chi connectivity index (χ3v) is 6.19. The molecule has 1 aliphatic rings. The summed E-state index contributed by atoms with van der Waals surface area (Å²) in [4.78, 5) is 4.67. The van der Waals surface area contributed by atoms with Crippen molar-refractivity contribution in [1.29, 1.82) is 0 Å². The Balaban J connectivity index is 1.43. The molecule has 0 saturated carbocycles. The van der Waals surface area contributed by atoms with Gasteiger partial charge in [-0.2, -0.15) is 5.10 Å². The molecule has 3 aromatic carbocycles. The van der Waals surface area contributed by atoms with E-state index in [4.69, 9.17) is 21.4 Å². The minimum Gasteiger partial charge on any atom is -0.485 e. The number of hydrogen-bond acceptors (Lipinski definition) is 5. The molecule has 1 aromatic heterocycles. The fourth-order valence-electron chi connectivity index (χ4n) is 3.61. The van der Waals surface area contributed by atoms with Crippen LogP contribution in [0.4, 0.5) is 5.13 Å². The largest absolute Gasteiger partial charge is 0.485 e. The Hall–Kier alpha value is -3.15. The molecule has 2 heterocycles. The number of anilines is 1. The highest BCUT2D eigenvalue weighted by Crippen LogP contribution is 2.36. The van der Waals surface area contributed by atoms with E-state index in [-0.39, 0.29) is 6.10 Å². The van der Waals surface area contributed by atoms with Crippen LogP contribution in [0.25, 0.3) is 11.3 Å². The first-order valence-corrected chi connectivity index (χ1v) is 11.3. The lowest BCUT2D eigenvalue weighted by molar-refractivity contribution is 0.206. The van der Waals surface area contributed by atoms with Crippen molar-refractivity contribution in [3.05, 3.63) is 99.9 Å². The van der Waals surface area contributed by atoms with Crippen molar-refractivity contribution in [2.45, 2.75) is 19.4 Å². The molecular formula is C25H20ClN3OS. The molecule has 154 valence electrons. The highest BCUT2D eigenvalue weighted by Gasteiger charge is 2.26. The van der Waals surface area contributed by atoms with Crippen LogP contribution in [0, 0.1) is 6.92 Å². The summed E-state index contributed by atoms with van der Waals surface area (Å²) in [5, 5.41) is 8.22. The quantitative estimate of drug-likeness (QED) is 0.340. The van der Waals surface area contributed by atoms with E-state index in [1.165, 1.54) is 16.9 Å². The van der Waals surface area contributed by atoms with Gasteiger partial charge in [-0.25, -0.2) is 4.98 Å². The maximum absolute atomic E-state index is 6.29. The molecule has 6 heteroatoms. The summed E-state index contributed by atoms with van der Waals surface area (Å²) in [5.41, 5.74) is 9.38. The molecule has 0 saturated heterocycles. The first kappa shape index (κ1) is 19.8. The van der Waals surface area contributed by atoms with Crippen molar-refractivity contribution in [1.82, 2.24) is 4.98 Å². The zero-order valence-electron chi connectivity index (χ0n) is 16.9. The lowest BCUT2D eigenvalue weighted by Gasteiger charge is -2.27. The van der Waals surface area contributed by atoms with Crippen molar-refractivity contribution >= 4 is 33.8 Å². The second-order valence-corrected chi connectivity index (χ2v) is 8.73. The molecule has 5 rings (SSSR count). The number of thiazole rings is 1. The molecule has 31 heavy (non-hydrogen) atoms. The van der Waals surface area contributed by atoms with E-state index >= 15 is 0 Å². The van der Waals surface area contributed by atoms with Gasteiger partial charge in [0.2, 0.25) is 5.13 Å². The fraction of sp³-hybridized carbons (Fsp3) is 0.120. The van der Waals surface area contributed by atoms with Gasteiger partial charge in [0.25, 0.3) is 0 Å². The van der Waals surface area contributed by atoms with Crippen LogP contribution in [-0.4, -0.2) is 10.7 Å². The van der Waals surface area contributed by atoms with Crippen molar-refractivity contribution < 1.29 is 4.74 Å². The summed E-state index contributed by atoms with van der Waals surface area (Å²) < 4.78 is 6.29. The average molecular weight is 446 g/mol. The predicted molar refractivity (Wildman–Crippen MR) is 128 cm³/mol. The molecule has 1 aliphatic heterocycles. The van der Waals surface area contributed by atoms with Crippen molar-refractivity contribution in [3.8, 4) is 17.0 Å². The van der Waals surface area contributed by atoms with Gasteiger partial charge >= 0.3 is 0 Å². The third-order valence-electron chi connectivity index (χ3n) is 5.20. The van der Waals surface area contributed by atoms with Crippen LogP contribution in [0.15, 0.2) is 83.3 Å². The second-order valence-electron chi connectivity index (χ2n) is 7.44. The minimum absolute atomic E-state index is 0.0714. The van der Waals surface area contributed by atoms with Crippen LogP contribution in [0.5, 0.6) is 5.75 Å². The minimum atomic E-state index is -0.0714. The second kappa shape index (κ2) is 8.53. The van der Waals surface area contributed by atoms with Gasteiger partial charge in [-0.3, -0.25) is 5.43 Å². The molecule has 4 aromatic rings. The summed E-state index contributed by atoms with van der Waals surface area (Å²) in [6, 6.07) is 24.2. The van der Waals surface area contributed by atoms with Gasteiger partial charge in [0.1, 0.15) is 11.9 Å². The number of rotatable bonds is 4. The van der Waals surface area contributed by atoms with Gasteiger partial charge in [0.05, 0.1) is 11.4 Å². The maximum atomic E-state index is 6.29. The summed E-state index contributed by atoms with van der Waals surface area (Å²) in [6.07, 6.45) is 0.612. The van der Waals surface area contributed by atoms with Crippen LogP contribution in [0.2, 0.25) is 5.02 Å². The Kier molecular flexibility index (Phi) is 5.45. The Morgan fingerprint density at radius 1 is 1.06 bits per heavy atom. The average Bonchev–Trinajstić information content (AvgIpc) is 3.27. The summed E-state index contributed by atoms with van der Waals surface area (Å²) in [6.45, 7) is 2.08. The molecule has 4 nitrogen and oxygen atoms in total. The summed E-state index contributed by atoms with van der Waals surface area (Å²) >= 11 is 7.52. The van der Waals surface area contributed by atoms with Crippen LogP contribution in [0.3, 0.4) is 0 Å². The van der Waals surface area contributed by atoms with Crippen molar-refractivity contribution in [3.63, 3.8) is 0 Å². The number of fused-ring (bicyclic) bond motifs is 1. The highest BCUT2D eigenvalue weighted by atomic mass is 35.5. The number of aryl methyl sites for hydroxylation is 1. The number of ether oxygens (including phenoxy) is 1. The number of nitrogens with one attached hydrogen (secondary N) is 1. The predicted octanol–water partition coefficient (Wildman–Crippen LogP) is 7.11. The van der Waals surface area contributed by atoms with E-state index in [1.807, 2.05) is 53.9 Å². The number of hydrazone groups is 1. The topological polar surface area (TPSA) is 46.5 Å². The Bertz CT molecular complexity index is 1240. The van der Waals surface area contributed by atoms with Gasteiger partial charge in [-0.05, 0) is 36.8 Å². The van der Waals surface area contributed by atoms with E-state index in [0.29, 0.717) is 11.4 Å². The SMILES string of the molecule is Cc1ccc2c(c1)/C(=N/Nc1nc(-c3ccc(Cl)cc3)cs1)C[C@H](c1ccccc1)O2. The fourth-order valence-corrected chi connectivity index (χ4v) is 4.39. The molecule has 0 bridgehead atoms. The molecule has 0 aliphatic carbocycles. The van der Waals surface area contributed by atoms with Crippen molar-refractivity contribution in [2.75, 3.05) is 5.43 Å². The number of hydrogen-bond donors (Lipinski definition) is 1. The zero-order valence-corrected chi connectivity index (χ0v) is 18.5. The van der Waals surface area contributed by atoms with Crippen LogP contribution < -0.4 is 10.2 Å². The number of nitrogens with zero attached hydrogens (tertiary/aromatic N) is 2. The Morgan fingerprint density at radius 3 is 2.68 bits per heavy atom. The molecular weight excluding hydrogens is 426 g/mol. The molecule has 1 N–H and O–H groups in total. The molecule has 0 amide bonds. The van der Waals surface area contributed by atoms with Gasteiger partial charge in [0, 0.05) is 28.0 Å². The van der Waals surface area contributed by atoms with Crippen molar-refractivity contribution in [2.24, 2.45) is 5.10 Å². The van der Waals surface area contributed by atoms with Crippen LogP contribution in [0.1, 0.15) is 29.2 Å². The first-order valence-electron chi connectivity index (χ1n) is 10.0. The van der Waals surface area contributed by atoms with Gasteiger partial charge < -0.3 is 4.74 Å². The highest BCUT2D eigenvalue weighted by molar-refractivity contribution is 7.14. The van der Waals surface area contributed by atoms with E-state index in [0.717, 1.165) is 39.0 Å². The Morgan fingerprint density at radius 2 is 1.87 bits per heavy atom. The number of halogens is 1. The molecule has 0 radical (unpaired) electrons. The van der Waals surface area contributed by atoms with E-state index in [9.17, 15) is 0 Å². The maximum Gasteiger partial charge on any atom is 0.203 e. The van der Waals surface area contributed by atoms with E-state index in [2.05, 4.69) is 41.6 Å². The standard InChI is InChI=1S/C25H20ClN3OS/c1-16-7-12-23-20(13-16)21(14-24(30-23)18-5-3-2-4-6-18)28-29-25-27-22(15-31-25)17-8-10-19(26)11-9-17/h2-13,15,24H,14H2,1H3,(H,27,29)/b28-21+/t24-/m1/s1. The van der Waals surface area contributed by atoms with E-state index < -0.39 is 0 Å². The third kappa shape index (κ3) is 4.33. The monoisotopic (exact) mass is 445 g/mol. The van der Waals surface area contributed by atoms with Gasteiger partial charge in [0.15, 0.2) is 0 Å². The number of aromatic nitrogens is 1. The molecule has 1 atom stereocenters. The molecule has 0 unspecified atom stereocenters. The van der Waals surface area contributed by atoms with Gasteiger partial charge in [-0.1, -0.05) is 65.7 Å².